The highest BCUT2D eigenvalue weighted by Gasteiger charge is 2.16. The first-order chi connectivity index (χ1) is 9.92. The zero-order valence-electron chi connectivity index (χ0n) is 10.1. The van der Waals surface area contributed by atoms with Gasteiger partial charge in [0, 0.05) is 10.8 Å². The third-order valence-electron chi connectivity index (χ3n) is 3.40. The first kappa shape index (κ1) is 11.4. The highest BCUT2D eigenvalue weighted by atomic mass is 32.1. The lowest BCUT2D eigenvalue weighted by Gasteiger charge is -1.95. The number of rotatable bonds is 1. The number of hydrogen-bond acceptors (Lipinski definition) is 5. The van der Waals surface area contributed by atoms with E-state index in [0.717, 1.165) is 5.01 Å². The quantitative estimate of drug-likeness (QED) is 0.344. The molecule has 0 N–H and O–H groups in total. The van der Waals surface area contributed by atoms with Crippen molar-refractivity contribution in [2.24, 2.45) is 0 Å². The van der Waals surface area contributed by atoms with E-state index in [4.69, 9.17) is 4.98 Å². The summed E-state index contributed by atoms with van der Waals surface area (Å²) in [4.78, 5) is 6.20. The second-order valence-corrected chi connectivity index (χ2v) is 8.28. The number of fused-ring (bicyclic) bond motifs is 6. The maximum Gasteiger partial charge on any atom is 0.134 e. The molecule has 0 aliphatic carbocycles. The first-order valence-corrected chi connectivity index (χ1v) is 9.58. The molecular weight excluding hydrogens is 322 g/mol. The van der Waals surface area contributed by atoms with Gasteiger partial charge in [0.2, 0.25) is 0 Å². The molecule has 20 heavy (non-hydrogen) atoms. The van der Waals surface area contributed by atoms with E-state index in [2.05, 4.69) is 40.4 Å². The van der Waals surface area contributed by atoms with E-state index in [1.165, 1.54) is 35.3 Å². The zero-order valence-corrected chi connectivity index (χ0v) is 13.4. The van der Waals surface area contributed by atoms with Crippen molar-refractivity contribution in [2.45, 2.75) is 0 Å². The standard InChI is InChI=1S/C15H7NS4/c1-2-10(17-5-1)15-16-11-12-8(3-6-18-12)9-4-7-19-13(9)14(11)20-15/h1-7H. The first-order valence-electron chi connectivity index (χ1n) is 6.12. The average Bonchev–Trinajstić information content (AvgIpc) is 3.23. The zero-order chi connectivity index (χ0) is 13.1. The fourth-order valence-electron chi connectivity index (χ4n) is 2.54. The molecule has 5 aromatic rings. The molecule has 4 heterocycles. The molecule has 0 spiro atoms. The summed E-state index contributed by atoms with van der Waals surface area (Å²) >= 11 is 7.21. The number of nitrogens with zero attached hydrogens (tertiary/aromatic N) is 1. The Kier molecular flexibility index (Phi) is 2.34. The van der Waals surface area contributed by atoms with Gasteiger partial charge in [0.05, 0.1) is 19.0 Å². The molecule has 0 saturated carbocycles. The minimum absolute atomic E-state index is 1.14. The number of hydrogen-bond donors (Lipinski definition) is 0. The summed E-state index contributed by atoms with van der Waals surface area (Å²) in [5, 5.41) is 10.3. The number of thiophene rings is 3. The van der Waals surface area contributed by atoms with Crippen molar-refractivity contribution in [3.63, 3.8) is 0 Å². The fraction of sp³-hybridized carbons (Fsp3) is 0. The Balaban J connectivity index is 2.02. The van der Waals surface area contributed by atoms with E-state index in [1.54, 1.807) is 22.7 Å². The minimum Gasteiger partial charge on any atom is -0.234 e. The normalized spacial score (nSPS) is 12.0. The summed E-state index contributed by atoms with van der Waals surface area (Å²) in [5.41, 5.74) is 1.18. The van der Waals surface area contributed by atoms with Gasteiger partial charge in [-0.2, -0.15) is 0 Å². The Morgan fingerprint density at radius 3 is 2.35 bits per heavy atom. The molecule has 0 bridgehead atoms. The lowest BCUT2D eigenvalue weighted by atomic mass is 10.2. The third kappa shape index (κ3) is 1.43. The predicted octanol–water partition coefficient (Wildman–Crippen LogP) is 6.45. The smallest absolute Gasteiger partial charge is 0.134 e. The number of benzene rings is 1. The molecule has 0 amide bonds. The van der Waals surface area contributed by atoms with E-state index in [9.17, 15) is 0 Å². The van der Waals surface area contributed by atoms with E-state index in [0.29, 0.717) is 0 Å². The van der Waals surface area contributed by atoms with E-state index in [1.807, 2.05) is 22.7 Å². The molecule has 5 rings (SSSR count). The molecule has 0 aliphatic heterocycles. The minimum atomic E-state index is 1.14. The van der Waals surface area contributed by atoms with Crippen LogP contribution in [0.15, 0.2) is 40.4 Å². The molecule has 1 aromatic carbocycles. The molecule has 5 heteroatoms. The summed E-state index contributed by atoms with van der Waals surface area (Å²) in [7, 11) is 0. The highest BCUT2D eigenvalue weighted by molar-refractivity contribution is 7.30. The maximum atomic E-state index is 4.93. The van der Waals surface area contributed by atoms with Crippen molar-refractivity contribution < 1.29 is 0 Å². The Bertz CT molecular complexity index is 978. The molecule has 0 aliphatic rings. The maximum absolute atomic E-state index is 4.93. The van der Waals surface area contributed by atoms with Crippen molar-refractivity contribution in [1.29, 1.82) is 0 Å². The Labute approximate surface area is 130 Å². The van der Waals surface area contributed by atoms with Gasteiger partial charge in [-0.15, -0.1) is 45.3 Å². The van der Waals surface area contributed by atoms with Crippen LogP contribution in [0.5, 0.6) is 0 Å². The monoisotopic (exact) mass is 329 g/mol. The van der Waals surface area contributed by atoms with Crippen molar-refractivity contribution in [1.82, 2.24) is 4.98 Å². The summed E-state index contributed by atoms with van der Waals surface area (Å²) in [6.45, 7) is 0. The van der Waals surface area contributed by atoms with E-state index >= 15 is 0 Å². The van der Waals surface area contributed by atoms with Gasteiger partial charge in [0.25, 0.3) is 0 Å². The van der Waals surface area contributed by atoms with Gasteiger partial charge < -0.3 is 0 Å². The SMILES string of the molecule is c1csc(-c2nc3c4sccc4c4ccsc4c3s2)c1. The molecule has 0 unspecified atom stereocenters. The van der Waals surface area contributed by atoms with Gasteiger partial charge in [0.15, 0.2) is 0 Å². The van der Waals surface area contributed by atoms with Gasteiger partial charge in [-0.25, -0.2) is 4.98 Å². The van der Waals surface area contributed by atoms with Crippen LogP contribution in [0.4, 0.5) is 0 Å². The molecule has 1 nitrogen and oxygen atoms in total. The van der Waals surface area contributed by atoms with Crippen molar-refractivity contribution in [3.05, 3.63) is 40.4 Å². The lowest BCUT2D eigenvalue weighted by Crippen LogP contribution is -1.72. The lowest BCUT2D eigenvalue weighted by molar-refractivity contribution is 1.53. The van der Waals surface area contributed by atoms with E-state index in [-0.39, 0.29) is 0 Å². The topological polar surface area (TPSA) is 12.9 Å². The van der Waals surface area contributed by atoms with Gasteiger partial charge >= 0.3 is 0 Å². The van der Waals surface area contributed by atoms with Crippen LogP contribution in [0.3, 0.4) is 0 Å². The second kappa shape index (κ2) is 4.11. The summed E-state index contributed by atoms with van der Waals surface area (Å²) in [6.07, 6.45) is 0. The van der Waals surface area contributed by atoms with Crippen LogP contribution in [-0.2, 0) is 0 Å². The largest absolute Gasteiger partial charge is 0.234 e. The van der Waals surface area contributed by atoms with Crippen LogP contribution in [0.1, 0.15) is 0 Å². The Morgan fingerprint density at radius 2 is 1.55 bits per heavy atom. The predicted molar refractivity (Wildman–Crippen MR) is 93.7 cm³/mol. The molecule has 4 aromatic heterocycles. The summed E-state index contributed by atoms with van der Waals surface area (Å²) in [5.74, 6) is 0. The van der Waals surface area contributed by atoms with Crippen LogP contribution < -0.4 is 0 Å². The second-order valence-electron chi connectivity index (χ2n) is 4.50. The van der Waals surface area contributed by atoms with Crippen molar-refractivity contribution in [3.8, 4) is 9.88 Å². The number of aromatic nitrogens is 1. The van der Waals surface area contributed by atoms with Gasteiger partial charge in [-0.1, -0.05) is 6.07 Å². The van der Waals surface area contributed by atoms with Crippen LogP contribution >= 0.6 is 45.3 Å². The van der Waals surface area contributed by atoms with E-state index < -0.39 is 0 Å². The van der Waals surface area contributed by atoms with Gasteiger partial charge in [0.1, 0.15) is 10.5 Å². The van der Waals surface area contributed by atoms with Crippen molar-refractivity contribution in [2.75, 3.05) is 0 Å². The summed E-state index contributed by atoms with van der Waals surface area (Å²) in [6, 6.07) is 8.70. The van der Waals surface area contributed by atoms with Gasteiger partial charge in [-0.05, 0) is 34.3 Å². The average molecular weight is 329 g/mol. The third-order valence-corrected chi connectivity index (χ3v) is 7.50. The number of thiazole rings is 1. The van der Waals surface area contributed by atoms with Gasteiger partial charge in [-0.3, -0.25) is 0 Å². The molecule has 0 atom stereocenters. The highest BCUT2D eigenvalue weighted by Crippen LogP contribution is 2.44. The molecule has 96 valence electrons. The Hall–Kier alpha value is -1.27. The van der Waals surface area contributed by atoms with Crippen molar-refractivity contribution >= 4 is 75.7 Å². The molecule has 0 saturated heterocycles. The molecule has 0 fully saturated rings. The van der Waals surface area contributed by atoms with Crippen LogP contribution in [0.2, 0.25) is 0 Å². The Morgan fingerprint density at radius 1 is 0.750 bits per heavy atom. The molecular formula is C15H7NS4. The molecule has 0 radical (unpaired) electrons. The van der Waals surface area contributed by atoms with Crippen LogP contribution in [0.25, 0.3) is 40.3 Å². The van der Waals surface area contributed by atoms with Crippen LogP contribution in [-0.4, -0.2) is 4.98 Å². The summed E-state index contributed by atoms with van der Waals surface area (Å²) < 4.78 is 4.05. The fourth-order valence-corrected chi connectivity index (χ4v) is 6.45. The van der Waals surface area contributed by atoms with Crippen LogP contribution in [0, 0.1) is 0 Å².